The van der Waals surface area contributed by atoms with Gasteiger partial charge in [0.05, 0.1) is 6.04 Å². The zero-order valence-electron chi connectivity index (χ0n) is 9.52. The van der Waals surface area contributed by atoms with Crippen LogP contribution in [0.15, 0.2) is 24.5 Å². The van der Waals surface area contributed by atoms with Gasteiger partial charge < -0.3 is 10.2 Å². The fourth-order valence-corrected chi connectivity index (χ4v) is 1.99. The summed E-state index contributed by atoms with van der Waals surface area (Å²) in [5.41, 5.74) is 0.896. The summed E-state index contributed by atoms with van der Waals surface area (Å²) < 4.78 is 0. The summed E-state index contributed by atoms with van der Waals surface area (Å²) in [5.74, 6) is 0.144. The molecule has 1 amide bonds. The first kappa shape index (κ1) is 11.1. The van der Waals surface area contributed by atoms with Crippen molar-refractivity contribution in [2.75, 3.05) is 18.5 Å². The minimum atomic E-state index is -0.0214. The van der Waals surface area contributed by atoms with Crippen LogP contribution in [0.25, 0.3) is 0 Å². The van der Waals surface area contributed by atoms with E-state index in [4.69, 9.17) is 0 Å². The molecule has 1 aromatic rings. The van der Waals surface area contributed by atoms with Crippen molar-refractivity contribution in [2.45, 2.75) is 25.3 Å². The van der Waals surface area contributed by atoms with E-state index in [2.05, 4.69) is 10.3 Å². The Bertz CT molecular complexity index is 347. The highest BCUT2D eigenvalue weighted by Gasteiger charge is 2.24. The van der Waals surface area contributed by atoms with Crippen molar-refractivity contribution < 1.29 is 4.79 Å². The van der Waals surface area contributed by atoms with Gasteiger partial charge in [0.1, 0.15) is 0 Å². The predicted molar refractivity (Wildman–Crippen MR) is 63.3 cm³/mol. The van der Waals surface area contributed by atoms with Crippen molar-refractivity contribution >= 4 is 11.6 Å². The molecule has 1 atom stereocenters. The first-order chi connectivity index (χ1) is 7.79. The molecular weight excluding hydrogens is 202 g/mol. The van der Waals surface area contributed by atoms with E-state index in [1.165, 1.54) is 6.42 Å². The molecule has 2 rings (SSSR count). The number of amides is 1. The van der Waals surface area contributed by atoms with E-state index in [9.17, 15) is 4.79 Å². The number of likely N-dealkylation sites (N-methyl/N-ethyl adjacent to an activating group) is 1. The fourth-order valence-electron chi connectivity index (χ4n) is 1.99. The van der Waals surface area contributed by atoms with Gasteiger partial charge in [-0.25, -0.2) is 0 Å². The van der Waals surface area contributed by atoms with Gasteiger partial charge in [0, 0.05) is 25.1 Å². The summed E-state index contributed by atoms with van der Waals surface area (Å²) in [5, 5.41) is 3.26. The highest BCUT2D eigenvalue weighted by Crippen LogP contribution is 2.15. The van der Waals surface area contributed by atoms with Gasteiger partial charge in [0.2, 0.25) is 5.91 Å². The Morgan fingerprint density at radius 2 is 2.19 bits per heavy atom. The van der Waals surface area contributed by atoms with Gasteiger partial charge in [-0.15, -0.1) is 0 Å². The summed E-state index contributed by atoms with van der Waals surface area (Å²) in [6, 6.07) is 3.67. The first-order valence-corrected chi connectivity index (χ1v) is 5.70. The SMILES string of the molecule is CN(C(=O)[C@@H]1CCCCN1)c1ccncc1. The second-order valence-electron chi connectivity index (χ2n) is 4.11. The van der Waals surface area contributed by atoms with Crippen molar-refractivity contribution in [3.63, 3.8) is 0 Å². The lowest BCUT2D eigenvalue weighted by molar-refractivity contribution is -0.120. The van der Waals surface area contributed by atoms with Gasteiger partial charge in [-0.2, -0.15) is 0 Å². The van der Waals surface area contributed by atoms with Crippen LogP contribution >= 0.6 is 0 Å². The van der Waals surface area contributed by atoms with Crippen LogP contribution in [0.2, 0.25) is 0 Å². The van der Waals surface area contributed by atoms with Crippen LogP contribution in [-0.2, 0) is 4.79 Å². The molecule has 1 aliphatic rings. The minimum Gasteiger partial charge on any atom is -0.314 e. The molecule has 1 aromatic heterocycles. The Balaban J connectivity index is 2.04. The molecule has 2 heterocycles. The van der Waals surface area contributed by atoms with Crippen molar-refractivity contribution in [3.8, 4) is 0 Å². The number of nitrogens with one attached hydrogen (secondary N) is 1. The lowest BCUT2D eigenvalue weighted by Gasteiger charge is -2.27. The average Bonchev–Trinajstić information content (AvgIpc) is 2.39. The maximum absolute atomic E-state index is 12.1. The Labute approximate surface area is 95.7 Å². The fraction of sp³-hybridized carbons (Fsp3) is 0.500. The molecule has 86 valence electrons. The molecule has 0 bridgehead atoms. The van der Waals surface area contributed by atoms with E-state index >= 15 is 0 Å². The van der Waals surface area contributed by atoms with E-state index in [0.29, 0.717) is 0 Å². The summed E-state index contributed by atoms with van der Waals surface area (Å²) >= 11 is 0. The van der Waals surface area contributed by atoms with Gasteiger partial charge >= 0.3 is 0 Å². The number of piperidine rings is 1. The van der Waals surface area contributed by atoms with Crippen LogP contribution in [0, 0.1) is 0 Å². The molecule has 0 unspecified atom stereocenters. The van der Waals surface area contributed by atoms with Crippen LogP contribution < -0.4 is 10.2 Å². The number of pyridine rings is 1. The molecule has 4 heteroatoms. The normalized spacial score (nSPS) is 20.4. The number of carbonyl (C=O) groups is 1. The quantitative estimate of drug-likeness (QED) is 0.812. The molecule has 16 heavy (non-hydrogen) atoms. The van der Waals surface area contributed by atoms with Crippen LogP contribution in [0.1, 0.15) is 19.3 Å². The number of carbonyl (C=O) groups excluding carboxylic acids is 1. The van der Waals surface area contributed by atoms with Crippen LogP contribution in [0.5, 0.6) is 0 Å². The average molecular weight is 219 g/mol. The zero-order chi connectivity index (χ0) is 11.4. The Kier molecular flexibility index (Phi) is 3.51. The second kappa shape index (κ2) is 5.07. The minimum absolute atomic E-state index is 0.0214. The monoisotopic (exact) mass is 219 g/mol. The molecule has 1 fully saturated rings. The highest BCUT2D eigenvalue weighted by molar-refractivity contribution is 5.96. The van der Waals surface area contributed by atoms with Crippen molar-refractivity contribution in [2.24, 2.45) is 0 Å². The molecular formula is C12H17N3O. The summed E-state index contributed by atoms with van der Waals surface area (Å²) in [7, 11) is 1.81. The number of aromatic nitrogens is 1. The zero-order valence-corrected chi connectivity index (χ0v) is 9.52. The third-order valence-corrected chi connectivity index (χ3v) is 2.99. The standard InChI is InChI=1S/C12H17N3O/c1-15(10-5-8-13-9-6-10)12(16)11-4-2-3-7-14-11/h5-6,8-9,11,14H,2-4,7H2,1H3/t11-/m0/s1. The number of rotatable bonds is 2. The van der Waals surface area contributed by atoms with E-state index in [1.54, 1.807) is 17.3 Å². The molecule has 0 saturated carbocycles. The number of hydrogen-bond donors (Lipinski definition) is 1. The number of nitrogens with zero attached hydrogens (tertiary/aromatic N) is 2. The largest absolute Gasteiger partial charge is 0.314 e. The molecule has 0 radical (unpaired) electrons. The van der Waals surface area contributed by atoms with Gasteiger partial charge in [-0.1, -0.05) is 6.42 Å². The van der Waals surface area contributed by atoms with Crippen LogP contribution in [0.3, 0.4) is 0 Å². The highest BCUT2D eigenvalue weighted by atomic mass is 16.2. The van der Waals surface area contributed by atoms with E-state index in [0.717, 1.165) is 25.1 Å². The topological polar surface area (TPSA) is 45.2 Å². The predicted octanol–water partition coefficient (Wildman–Crippen LogP) is 1.19. The lowest BCUT2D eigenvalue weighted by atomic mass is 10.0. The van der Waals surface area contributed by atoms with Crippen LogP contribution in [-0.4, -0.2) is 30.5 Å². The maximum atomic E-state index is 12.1. The van der Waals surface area contributed by atoms with Gasteiger partial charge in [-0.05, 0) is 31.5 Å². The Morgan fingerprint density at radius 1 is 1.44 bits per heavy atom. The van der Waals surface area contributed by atoms with Crippen molar-refractivity contribution in [3.05, 3.63) is 24.5 Å². The second-order valence-corrected chi connectivity index (χ2v) is 4.11. The summed E-state index contributed by atoms with van der Waals surface area (Å²) in [6.07, 6.45) is 6.64. The van der Waals surface area contributed by atoms with E-state index < -0.39 is 0 Å². The molecule has 1 saturated heterocycles. The third kappa shape index (κ3) is 2.39. The van der Waals surface area contributed by atoms with Crippen molar-refractivity contribution in [1.29, 1.82) is 0 Å². The van der Waals surface area contributed by atoms with Crippen molar-refractivity contribution in [1.82, 2.24) is 10.3 Å². The Morgan fingerprint density at radius 3 is 2.81 bits per heavy atom. The number of hydrogen-bond acceptors (Lipinski definition) is 3. The molecule has 1 N–H and O–H groups in total. The maximum Gasteiger partial charge on any atom is 0.243 e. The summed E-state index contributed by atoms with van der Waals surface area (Å²) in [6.45, 7) is 0.945. The van der Waals surface area contributed by atoms with E-state index in [-0.39, 0.29) is 11.9 Å². The van der Waals surface area contributed by atoms with Gasteiger partial charge in [0.25, 0.3) is 0 Å². The van der Waals surface area contributed by atoms with Gasteiger partial charge in [0.15, 0.2) is 0 Å². The molecule has 4 nitrogen and oxygen atoms in total. The molecule has 1 aliphatic heterocycles. The first-order valence-electron chi connectivity index (χ1n) is 5.70. The molecule has 0 aromatic carbocycles. The van der Waals surface area contributed by atoms with Gasteiger partial charge in [-0.3, -0.25) is 9.78 Å². The lowest BCUT2D eigenvalue weighted by Crippen LogP contribution is -2.47. The van der Waals surface area contributed by atoms with Crippen LogP contribution in [0.4, 0.5) is 5.69 Å². The molecule has 0 spiro atoms. The van der Waals surface area contributed by atoms with E-state index in [1.807, 2.05) is 19.2 Å². The third-order valence-electron chi connectivity index (χ3n) is 2.99. The molecule has 0 aliphatic carbocycles. The Hall–Kier alpha value is -1.42. The smallest absolute Gasteiger partial charge is 0.243 e. The summed E-state index contributed by atoms with van der Waals surface area (Å²) in [4.78, 5) is 17.8. The number of anilines is 1.